The predicted molar refractivity (Wildman–Crippen MR) is 73.6 cm³/mol. The average molecular weight is 352 g/mol. The normalized spacial score (nSPS) is 15.4. The third-order valence-corrected chi connectivity index (χ3v) is 3.49. The van der Waals surface area contributed by atoms with Crippen LogP contribution in [0, 0.1) is 5.82 Å². The number of halogens is 5. The van der Waals surface area contributed by atoms with Gasteiger partial charge in [0, 0.05) is 5.57 Å². The van der Waals surface area contributed by atoms with Crippen LogP contribution in [-0.2, 0) is 9.59 Å². The molecule has 0 spiro atoms. The minimum Gasteiger partial charge on any atom is -0.403 e. The lowest BCUT2D eigenvalue weighted by molar-refractivity contribution is -0.275. The van der Waals surface area contributed by atoms with Crippen molar-refractivity contribution in [2.24, 2.45) is 0 Å². The standard InChI is InChI=1S/C14H10ClF4NO3/c1-6(2)7-5-10(21)20(13(7)22)8-3-4-9(12(16)11(8)15)23-14(17,18)19/h3-4H,5H2,1-2H3. The summed E-state index contributed by atoms with van der Waals surface area (Å²) in [5, 5.41) is -0.802. The van der Waals surface area contributed by atoms with Crippen LogP contribution in [0.4, 0.5) is 23.2 Å². The molecule has 23 heavy (non-hydrogen) atoms. The number of rotatable bonds is 2. The van der Waals surface area contributed by atoms with Gasteiger partial charge in [-0.2, -0.15) is 0 Å². The van der Waals surface area contributed by atoms with Gasteiger partial charge in [-0.3, -0.25) is 9.59 Å². The van der Waals surface area contributed by atoms with Crippen molar-refractivity contribution in [1.82, 2.24) is 0 Å². The fourth-order valence-electron chi connectivity index (χ4n) is 2.09. The van der Waals surface area contributed by atoms with Gasteiger partial charge in [-0.1, -0.05) is 17.2 Å². The predicted octanol–water partition coefficient (Wildman–Crippen LogP) is 3.98. The number of alkyl halides is 3. The van der Waals surface area contributed by atoms with Crippen LogP contribution in [0.3, 0.4) is 0 Å². The van der Waals surface area contributed by atoms with Gasteiger partial charge in [0.15, 0.2) is 11.6 Å². The molecular formula is C14H10ClF4NO3. The Hall–Kier alpha value is -2.09. The van der Waals surface area contributed by atoms with E-state index < -0.39 is 34.8 Å². The molecule has 4 nitrogen and oxygen atoms in total. The third kappa shape index (κ3) is 3.31. The molecule has 1 aromatic rings. The lowest BCUT2D eigenvalue weighted by Gasteiger charge is -2.17. The Kier molecular flexibility index (Phi) is 4.39. The molecule has 0 aliphatic carbocycles. The molecule has 1 aliphatic rings. The second kappa shape index (κ2) is 5.84. The maximum atomic E-state index is 13.9. The summed E-state index contributed by atoms with van der Waals surface area (Å²) in [4.78, 5) is 24.8. The second-order valence-electron chi connectivity index (χ2n) is 4.95. The zero-order valence-electron chi connectivity index (χ0n) is 11.9. The van der Waals surface area contributed by atoms with Gasteiger partial charge < -0.3 is 4.74 Å². The quantitative estimate of drug-likeness (QED) is 0.460. The van der Waals surface area contributed by atoms with Crippen LogP contribution in [0.15, 0.2) is 23.3 Å². The van der Waals surface area contributed by atoms with Gasteiger partial charge >= 0.3 is 6.36 Å². The molecule has 2 amide bonds. The number of carbonyl (C=O) groups excluding carboxylic acids is 2. The van der Waals surface area contributed by atoms with Gasteiger partial charge in [0.05, 0.1) is 12.1 Å². The van der Waals surface area contributed by atoms with E-state index in [-0.39, 0.29) is 17.7 Å². The summed E-state index contributed by atoms with van der Waals surface area (Å²) in [6.45, 7) is 3.26. The number of benzene rings is 1. The molecule has 2 rings (SSSR count). The van der Waals surface area contributed by atoms with Gasteiger partial charge in [0.2, 0.25) is 5.91 Å². The Labute approximate surface area is 133 Å². The number of hydrogen-bond donors (Lipinski definition) is 0. The topological polar surface area (TPSA) is 46.6 Å². The van der Waals surface area contributed by atoms with E-state index in [2.05, 4.69) is 4.74 Å². The molecule has 124 valence electrons. The Morgan fingerprint density at radius 2 is 1.87 bits per heavy atom. The highest BCUT2D eigenvalue weighted by molar-refractivity contribution is 6.37. The molecule has 0 aromatic heterocycles. The summed E-state index contributed by atoms with van der Waals surface area (Å²) in [6, 6.07) is 1.58. The number of nitrogens with zero attached hydrogens (tertiary/aromatic N) is 1. The minimum atomic E-state index is -5.10. The summed E-state index contributed by atoms with van der Waals surface area (Å²) < 4.78 is 53.9. The Morgan fingerprint density at radius 3 is 2.35 bits per heavy atom. The molecule has 0 N–H and O–H groups in total. The maximum absolute atomic E-state index is 13.9. The van der Waals surface area contributed by atoms with Crippen LogP contribution in [0.2, 0.25) is 5.02 Å². The van der Waals surface area contributed by atoms with Crippen molar-refractivity contribution >= 4 is 29.1 Å². The number of allylic oxidation sites excluding steroid dienone is 1. The molecule has 0 atom stereocenters. The molecule has 0 bridgehead atoms. The lowest BCUT2D eigenvalue weighted by Crippen LogP contribution is -2.29. The van der Waals surface area contributed by atoms with Crippen LogP contribution in [-0.4, -0.2) is 18.2 Å². The van der Waals surface area contributed by atoms with Crippen LogP contribution in [0.25, 0.3) is 0 Å². The van der Waals surface area contributed by atoms with Crippen molar-refractivity contribution in [2.45, 2.75) is 26.6 Å². The Morgan fingerprint density at radius 1 is 1.26 bits per heavy atom. The van der Waals surface area contributed by atoms with Crippen molar-refractivity contribution < 1.29 is 31.9 Å². The largest absolute Gasteiger partial charge is 0.573 e. The fraction of sp³-hybridized carbons (Fsp3) is 0.286. The first kappa shape index (κ1) is 17.3. The summed E-state index contributed by atoms with van der Waals surface area (Å²) in [7, 11) is 0. The zero-order chi connectivity index (χ0) is 17.5. The van der Waals surface area contributed by atoms with E-state index in [9.17, 15) is 27.2 Å². The second-order valence-corrected chi connectivity index (χ2v) is 5.33. The summed E-state index contributed by atoms with van der Waals surface area (Å²) in [5.41, 5.74) is 0.520. The SMILES string of the molecule is CC(C)=C1CC(=O)N(c2ccc(OC(F)(F)F)c(F)c2Cl)C1=O. The van der Waals surface area contributed by atoms with Gasteiger partial charge in [0.25, 0.3) is 5.91 Å². The Balaban J connectivity index is 2.46. The van der Waals surface area contributed by atoms with E-state index >= 15 is 0 Å². The summed E-state index contributed by atoms with van der Waals surface area (Å²) in [5.74, 6) is -3.97. The molecule has 1 aromatic carbocycles. The van der Waals surface area contributed by atoms with Crippen molar-refractivity contribution in [3.8, 4) is 5.75 Å². The van der Waals surface area contributed by atoms with Crippen LogP contribution in [0.1, 0.15) is 20.3 Å². The number of anilines is 1. The van der Waals surface area contributed by atoms with E-state index in [4.69, 9.17) is 11.6 Å². The number of imide groups is 1. The van der Waals surface area contributed by atoms with Gasteiger partial charge in [-0.05, 0) is 26.0 Å². The molecule has 1 aliphatic heterocycles. The first-order chi connectivity index (χ1) is 10.5. The molecule has 0 saturated carbocycles. The van der Waals surface area contributed by atoms with Crippen LogP contribution < -0.4 is 9.64 Å². The molecule has 0 radical (unpaired) electrons. The smallest absolute Gasteiger partial charge is 0.403 e. The first-order valence-electron chi connectivity index (χ1n) is 6.30. The molecule has 1 saturated heterocycles. The van der Waals surface area contributed by atoms with Crippen molar-refractivity contribution in [1.29, 1.82) is 0 Å². The van der Waals surface area contributed by atoms with Gasteiger partial charge in [-0.25, -0.2) is 9.29 Å². The molecule has 1 heterocycles. The Bertz CT molecular complexity index is 723. The fourth-order valence-corrected chi connectivity index (χ4v) is 2.33. The number of ether oxygens (including phenoxy) is 1. The van der Waals surface area contributed by atoms with E-state index in [0.717, 1.165) is 6.07 Å². The third-order valence-electron chi connectivity index (χ3n) is 3.14. The molecule has 9 heteroatoms. The van der Waals surface area contributed by atoms with Crippen molar-refractivity contribution in [3.63, 3.8) is 0 Å². The summed E-state index contributed by atoms with van der Waals surface area (Å²) >= 11 is 5.68. The number of carbonyl (C=O) groups is 2. The number of amides is 2. The zero-order valence-corrected chi connectivity index (χ0v) is 12.7. The molecular weight excluding hydrogens is 342 g/mol. The molecule has 1 fully saturated rings. The minimum absolute atomic E-state index is 0.181. The summed E-state index contributed by atoms with van der Waals surface area (Å²) in [6.07, 6.45) is -5.28. The highest BCUT2D eigenvalue weighted by atomic mass is 35.5. The highest BCUT2D eigenvalue weighted by Gasteiger charge is 2.38. The maximum Gasteiger partial charge on any atom is 0.573 e. The van der Waals surface area contributed by atoms with Crippen molar-refractivity contribution in [3.05, 3.63) is 34.1 Å². The van der Waals surface area contributed by atoms with Gasteiger partial charge in [-0.15, -0.1) is 13.2 Å². The van der Waals surface area contributed by atoms with Crippen molar-refractivity contribution in [2.75, 3.05) is 4.90 Å². The van der Waals surface area contributed by atoms with Crippen LogP contribution in [0.5, 0.6) is 5.75 Å². The number of hydrogen-bond acceptors (Lipinski definition) is 3. The first-order valence-corrected chi connectivity index (χ1v) is 6.68. The monoisotopic (exact) mass is 351 g/mol. The van der Waals surface area contributed by atoms with E-state index in [0.29, 0.717) is 16.5 Å². The lowest BCUT2D eigenvalue weighted by atomic mass is 10.1. The van der Waals surface area contributed by atoms with Gasteiger partial charge in [0.1, 0.15) is 5.02 Å². The van der Waals surface area contributed by atoms with E-state index in [1.165, 1.54) is 0 Å². The van der Waals surface area contributed by atoms with E-state index in [1.807, 2.05) is 0 Å². The average Bonchev–Trinajstić information content (AvgIpc) is 2.70. The van der Waals surface area contributed by atoms with E-state index in [1.54, 1.807) is 13.8 Å². The molecule has 0 unspecified atom stereocenters. The highest BCUT2D eigenvalue weighted by Crippen LogP contribution is 2.39. The van der Waals surface area contributed by atoms with Crippen LogP contribution >= 0.6 is 11.6 Å².